The molecule has 1 unspecified atom stereocenters. The van der Waals surface area contributed by atoms with Crippen LogP contribution in [-0.2, 0) is 28.1 Å². The van der Waals surface area contributed by atoms with Gasteiger partial charge in [0, 0.05) is 53.5 Å². The smallest absolute Gasteiger partial charge is 0.255 e. The Bertz CT molecular complexity index is 2370. The molecule has 5 aliphatic rings. The fourth-order valence-electron chi connectivity index (χ4n) is 8.64. The van der Waals surface area contributed by atoms with Crippen LogP contribution in [0.2, 0.25) is 5.02 Å². The first-order valence-electron chi connectivity index (χ1n) is 18.6. The Morgan fingerprint density at radius 3 is 2.61 bits per heavy atom. The summed E-state index contributed by atoms with van der Waals surface area (Å²) in [5, 5.41) is 5.94. The molecule has 2 spiro atoms. The molecule has 10 nitrogen and oxygen atoms in total. The number of pyridine rings is 1. The van der Waals surface area contributed by atoms with E-state index < -0.39 is 23.0 Å². The number of carbonyl (C=O) groups is 2. The fourth-order valence-corrected chi connectivity index (χ4v) is 8.79. The average molecular weight is 751 g/mol. The molecule has 3 aromatic carbocycles. The Morgan fingerprint density at radius 1 is 1.02 bits per heavy atom. The molecule has 2 atom stereocenters. The highest BCUT2D eigenvalue weighted by Crippen LogP contribution is 2.65. The molecule has 4 fully saturated rings. The third-order valence-corrected chi connectivity index (χ3v) is 12.4. The molecule has 5 heterocycles. The van der Waals surface area contributed by atoms with Crippen LogP contribution in [0.25, 0.3) is 11.0 Å². The van der Waals surface area contributed by atoms with Gasteiger partial charge < -0.3 is 29.6 Å². The van der Waals surface area contributed by atoms with Crippen molar-refractivity contribution in [3.63, 3.8) is 0 Å². The van der Waals surface area contributed by atoms with Gasteiger partial charge in [0.05, 0.1) is 34.8 Å². The lowest BCUT2D eigenvalue weighted by Gasteiger charge is -2.34. The van der Waals surface area contributed by atoms with Gasteiger partial charge >= 0.3 is 0 Å². The molecule has 10 rings (SSSR count). The molecule has 13 heteroatoms. The first-order chi connectivity index (χ1) is 26.2. The Kier molecular flexibility index (Phi) is 7.75. The van der Waals surface area contributed by atoms with Crippen molar-refractivity contribution < 1.29 is 27.8 Å². The molecular formula is C41H37ClF2N6O4. The van der Waals surface area contributed by atoms with Gasteiger partial charge in [0.15, 0.2) is 0 Å². The van der Waals surface area contributed by atoms with Crippen molar-refractivity contribution in [3.05, 3.63) is 106 Å². The molecule has 5 aromatic rings. The van der Waals surface area contributed by atoms with Crippen LogP contribution in [-0.4, -0.2) is 52.1 Å². The maximum absolute atomic E-state index is 15.0. The zero-order valence-corrected chi connectivity index (χ0v) is 30.1. The van der Waals surface area contributed by atoms with Gasteiger partial charge in [-0.15, -0.1) is 0 Å². The normalized spacial score (nSPS) is 21.5. The second-order valence-electron chi connectivity index (χ2n) is 15.4. The van der Waals surface area contributed by atoms with Crippen LogP contribution >= 0.6 is 11.6 Å². The highest BCUT2D eigenvalue weighted by molar-refractivity contribution is 6.30. The van der Waals surface area contributed by atoms with Crippen molar-refractivity contribution in [1.82, 2.24) is 14.5 Å². The van der Waals surface area contributed by atoms with Crippen molar-refractivity contribution in [2.75, 3.05) is 35.2 Å². The number of imidazole rings is 1. The van der Waals surface area contributed by atoms with Crippen LogP contribution < -0.4 is 20.3 Å². The van der Waals surface area contributed by atoms with Crippen LogP contribution in [0.4, 0.5) is 26.0 Å². The Balaban J connectivity index is 0.844. The molecular weight excluding hydrogens is 714 g/mol. The van der Waals surface area contributed by atoms with Crippen molar-refractivity contribution in [1.29, 1.82) is 0 Å². The molecule has 2 N–H and O–H groups in total. The summed E-state index contributed by atoms with van der Waals surface area (Å²) in [6.07, 6.45) is 5.48. The van der Waals surface area contributed by atoms with Crippen LogP contribution in [0, 0.1) is 17.0 Å². The number of nitrogens with zero attached hydrogens (tertiary/aromatic N) is 4. The summed E-state index contributed by atoms with van der Waals surface area (Å²) in [7, 11) is 0. The Hall–Kier alpha value is -5.07. The molecule has 0 bridgehead atoms. The predicted octanol–water partition coefficient (Wildman–Crippen LogP) is 7.74. The van der Waals surface area contributed by atoms with Gasteiger partial charge in [-0.1, -0.05) is 23.7 Å². The average Bonchev–Trinajstić information content (AvgIpc) is 4.03. The van der Waals surface area contributed by atoms with E-state index in [1.807, 2.05) is 30.3 Å². The lowest BCUT2D eigenvalue weighted by Crippen LogP contribution is -2.36. The first-order valence-corrected chi connectivity index (χ1v) is 18.9. The van der Waals surface area contributed by atoms with E-state index in [4.69, 9.17) is 31.0 Å². The number of hydrogen-bond acceptors (Lipinski definition) is 7. The number of anilines is 3. The second kappa shape index (κ2) is 12.5. The molecule has 2 aromatic heterocycles. The van der Waals surface area contributed by atoms with E-state index >= 15 is 4.39 Å². The van der Waals surface area contributed by atoms with Crippen LogP contribution in [0.5, 0.6) is 5.88 Å². The molecule has 2 amide bonds. The largest absolute Gasteiger partial charge is 0.473 e. The van der Waals surface area contributed by atoms with Crippen molar-refractivity contribution in [3.8, 4) is 5.88 Å². The van der Waals surface area contributed by atoms with E-state index in [2.05, 4.69) is 20.1 Å². The number of amides is 2. The Morgan fingerprint density at radius 2 is 1.85 bits per heavy atom. The third-order valence-electron chi connectivity index (χ3n) is 12.2. The number of hydrogen-bond donors (Lipinski definition) is 2. The van der Waals surface area contributed by atoms with Crippen molar-refractivity contribution in [2.24, 2.45) is 5.41 Å². The molecule has 54 heavy (non-hydrogen) atoms. The number of benzene rings is 3. The minimum Gasteiger partial charge on any atom is -0.473 e. The topological polar surface area (TPSA) is 111 Å². The van der Waals surface area contributed by atoms with E-state index in [1.54, 1.807) is 24.3 Å². The standard InChI is InChI=1S/C41H37ClF2N6O4/c42-25-5-4-23(30(43)18-25)22-54-35-3-1-2-34(47-35)49-13-11-40(12-14-49)20-29(40)37-46-32-19-26(6-7-33(32)50(37)21-27-8-15-53-27)45-38(51)24-16-28-36(31(44)17-24)48-39(52)41(28)9-10-41/h1-7,16-19,27,29H,8-15,20-22H2,(H,45,51)(H,48,52)/t27-,29?/m0/s1. The summed E-state index contributed by atoms with van der Waals surface area (Å²) in [5.41, 5.74) is 3.13. The van der Waals surface area contributed by atoms with Gasteiger partial charge in [-0.05, 0) is 98.0 Å². The number of halogens is 3. The monoisotopic (exact) mass is 750 g/mol. The lowest BCUT2D eigenvalue weighted by molar-refractivity contribution is -0.117. The Labute approximate surface area is 314 Å². The summed E-state index contributed by atoms with van der Waals surface area (Å²) < 4.78 is 43.3. The number of aromatic nitrogens is 3. The van der Waals surface area contributed by atoms with Gasteiger partial charge in [-0.25, -0.2) is 13.8 Å². The van der Waals surface area contributed by atoms with Gasteiger partial charge in [-0.3, -0.25) is 9.59 Å². The number of carbonyl (C=O) groups excluding carboxylic acids is 2. The highest BCUT2D eigenvalue weighted by atomic mass is 35.5. The summed E-state index contributed by atoms with van der Waals surface area (Å²) in [6.45, 7) is 3.22. The minimum absolute atomic E-state index is 0.0568. The molecule has 2 saturated carbocycles. The molecule has 0 radical (unpaired) electrons. The highest BCUT2D eigenvalue weighted by Gasteiger charge is 2.58. The van der Waals surface area contributed by atoms with Crippen LogP contribution in [0.3, 0.4) is 0 Å². The van der Waals surface area contributed by atoms with Crippen molar-refractivity contribution >= 4 is 51.6 Å². The number of fused-ring (bicyclic) bond motifs is 3. The summed E-state index contributed by atoms with van der Waals surface area (Å²) >= 11 is 5.89. The van der Waals surface area contributed by atoms with Crippen LogP contribution in [0.15, 0.2) is 66.7 Å². The van der Waals surface area contributed by atoms with Crippen molar-refractivity contribution in [2.45, 2.75) is 69.1 Å². The molecule has 2 aliphatic carbocycles. The quantitative estimate of drug-likeness (QED) is 0.159. The summed E-state index contributed by atoms with van der Waals surface area (Å²) in [4.78, 5) is 38.1. The summed E-state index contributed by atoms with van der Waals surface area (Å²) in [5.74, 6) is 0.971. The number of ether oxygens (including phenoxy) is 2. The lowest BCUT2D eigenvalue weighted by atomic mass is 9.90. The van der Waals surface area contributed by atoms with Gasteiger partial charge in [-0.2, -0.15) is 4.98 Å². The number of piperidine rings is 1. The third kappa shape index (κ3) is 5.69. The van der Waals surface area contributed by atoms with E-state index in [0.717, 1.165) is 74.6 Å². The molecule has 276 valence electrons. The van der Waals surface area contributed by atoms with E-state index in [0.29, 0.717) is 46.5 Å². The van der Waals surface area contributed by atoms with E-state index in [-0.39, 0.29) is 35.3 Å². The van der Waals surface area contributed by atoms with Gasteiger partial charge in [0.1, 0.15) is 29.9 Å². The van der Waals surface area contributed by atoms with Gasteiger partial charge in [0.2, 0.25) is 11.8 Å². The maximum Gasteiger partial charge on any atom is 0.255 e. The number of rotatable bonds is 9. The second-order valence-corrected chi connectivity index (χ2v) is 15.8. The van der Waals surface area contributed by atoms with Crippen LogP contribution in [0.1, 0.15) is 71.8 Å². The van der Waals surface area contributed by atoms with Gasteiger partial charge in [0.25, 0.3) is 5.91 Å². The molecule has 2 saturated heterocycles. The number of nitrogens with one attached hydrogen (secondary N) is 2. The predicted molar refractivity (Wildman–Crippen MR) is 199 cm³/mol. The molecule has 3 aliphatic heterocycles. The summed E-state index contributed by atoms with van der Waals surface area (Å²) in [6, 6.07) is 18.8. The van der Waals surface area contributed by atoms with E-state index in [9.17, 15) is 14.0 Å². The first kappa shape index (κ1) is 33.5. The maximum atomic E-state index is 15.0. The zero-order valence-electron chi connectivity index (χ0n) is 29.3. The SMILES string of the molecule is O=C(Nc1ccc2c(c1)nc(C1CC13CCN(c1cccc(OCc4ccc(Cl)cc4F)n1)CC3)n2C[C@@H]1CCO1)c1cc(F)c2c(c1)C1(CC1)C(=O)N2. The minimum atomic E-state index is -0.700. The zero-order chi connectivity index (χ0) is 36.8. The fraction of sp³-hybridized carbons (Fsp3) is 0.366. The van der Waals surface area contributed by atoms with E-state index in [1.165, 1.54) is 12.1 Å².